The number of rotatable bonds is 4. The summed E-state index contributed by atoms with van der Waals surface area (Å²) in [6, 6.07) is 7.74. The van der Waals surface area contributed by atoms with E-state index in [0.717, 1.165) is 20.0 Å². The van der Waals surface area contributed by atoms with Gasteiger partial charge in [0.25, 0.3) is 0 Å². The van der Waals surface area contributed by atoms with E-state index in [2.05, 4.69) is 9.97 Å². The maximum absolute atomic E-state index is 13.5. The Kier molecular flexibility index (Phi) is 4.67. The Bertz CT molecular complexity index is 1550. The molecule has 0 aliphatic rings. The molecule has 33 heavy (non-hydrogen) atoms. The van der Waals surface area contributed by atoms with Gasteiger partial charge in [-0.2, -0.15) is 13.2 Å². The summed E-state index contributed by atoms with van der Waals surface area (Å²) < 4.78 is 50.1. The number of alkyl halides is 3. The van der Waals surface area contributed by atoms with Crippen LogP contribution >= 0.6 is 11.3 Å². The highest BCUT2D eigenvalue weighted by Gasteiger charge is 2.40. The molecule has 0 spiro atoms. The molecule has 0 saturated carbocycles. The third-order valence-corrected chi connectivity index (χ3v) is 6.43. The lowest BCUT2D eigenvalue weighted by molar-refractivity contribution is -0.143. The van der Waals surface area contributed by atoms with Crippen molar-refractivity contribution in [1.82, 2.24) is 19.1 Å². The second-order valence-electron chi connectivity index (χ2n) is 7.36. The van der Waals surface area contributed by atoms with E-state index in [1.165, 1.54) is 36.6 Å². The maximum Gasteiger partial charge on any atom is 0.432 e. The fraction of sp³-hybridized carbons (Fsp3) is 0.136. The number of halogens is 3. The minimum absolute atomic E-state index is 0.0160. The number of benzene rings is 1. The number of pyridine rings is 1. The second kappa shape index (κ2) is 7.34. The van der Waals surface area contributed by atoms with Gasteiger partial charge < -0.3 is 19.0 Å². The molecule has 0 radical (unpaired) electrons. The number of carboxylic acids is 1. The van der Waals surface area contributed by atoms with Crippen LogP contribution in [0.3, 0.4) is 0 Å². The van der Waals surface area contributed by atoms with Crippen molar-refractivity contribution in [3.63, 3.8) is 0 Å². The summed E-state index contributed by atoms with van der Waals surface area (Å²) in [6.45, 7) is 0. The van der Waals surface area contributed by atoms with Crippen LogP contribution in [0.1, 0.15) is 16.1 Å². The molecule has 0 fully saturated rings. The van der Waals surface area contributed by atoms with Gasteiger partial charge in [0.1, 0.15) is 23.0 Å². The van der Waals surface area contributed by atoms with Crippen LogP contribution in [-0.2, 0) is 20.3 Å². The lowest BCUT2D eigenvalue weighted by Crippen LogP contribution is -2.15. The Morgan fingerprint density at radius 2 is 1.91 bits per heavy atom. The summed E-state index contributed by atoms with van der Waals surface area (Å²) in [6.07, 6.45) is 0.288. The van der Waals surface area contributed by atoms with Gasteiger partial charge in [-0.1, -0.05) is 0 Å². The number of hydrogen-bond donors (Lipinski definition) is 1. The number of fused-ring (bicyclic) bond motifs is 2. The van der Waals surface area contributed by atoms with Crippen LogP contribution in [0.15, 0.2) is 48.9 Å². The van der Waals surface area contributed by atoms with Gasteiger partial charge >= 0.3 is 12.1 Å². The smallest absolute Gasteiger partial charge is 0.432 e. The van der Waals surface area contributed by atoms with Crippen LogP contribution in [0.4, 0.5) is 13.2 Å². The molecule has 4 heterocycles. The zero-order valence-corrected chi connectivity index (χ0v) is 18.0. The number of aromatic carboxylic acids is 1. The first-order valence-electron chi connectivity index (χ1n) is 9.62. The molecule has 0 aliphatic heterocycles. The molecule has 1 aromatic carbocycles. The Labute approximate surface area is 188 Å². The molecular formula is C22H15F3N4O3S. The molecule has 0 amide bonds. The van der Waals surface area contributed by atoms with Crippen LogP contribution in [0.5, 0.6) is 11.5 Å². The van der Waals surface area contributed by atoms with Gasteiger partial charge in [0.2, 0.25) is 0 Å². The quantitative estimate of drug-likeness (QED) is 0.363. The van der Waals surface area contributed by atoms with E-state index in [1.54, 1.807) is 18.5 Å². The van der Waals surface area contributed by atoms with Crippen molar-refractivity contribution in [2.75, 3.05) is 0 Å². The molecule has 7 nitrogen and oxygen atoms in total. The third-order valence-electron chi connectivity index (χ3n) is 5.30. The highest BCUT2D eigenvalue weighted by atomic mass is 32.1. The molecular weight excluding hydrogens is 457 g/mol. The van der Waals surface area contributed by atoms with Gasteiger partial charge in [-0.05, 0) is 18.2 Å². The number of aryl methyl sites for hydroxylation is 2. The second-order valence-corrected chi connectivity index (χ2v) is 8.41. The highest BCUT2D eigenvalue weighted by molar-refractivity contribution is 7.22. The molecule has 4 aromatic heterocycles. The molecule has 5 rings (SSSR count). The number of carbonyl (C=O) groups is 1. The van der Waals surface area contributed by atoms with Crippen LogP contribution in [0.2, 0.25) is 0 Å². The fourth-order valence-electron chi connectivity index (χ4n) is 3.86. The molecule has 0 atom stereocenters. The van der Waals surface area contributed by atoms with Gasteiger partial charge in [-0.3, -0.25) is 4.98 Å². The first-order valence-corrected chi connectivity index (χ1v) is 10.4. The third kappa shape index (κ3) is 3.41. The molecule has 5 aromatic rings. The molecule has 0 saturated heterocycles. The number of aromatic nitrogens is 4. The summed E-state index contributed by atoms with van der Waals surface area (Å²) in [4.78, 5) is 21.2. The number of ether oxygens (including phenoxy) is 1. The lowest BCUT2D eigenvalue weighted by atomic mass is 10.1. The predicted molar refractivity (Wildman–Crippen MR) is 117 cm³/mol. The van der Waals surface area contributed by atoms with Gasteiger partial charge in [0.15, 0.2) is 0 Å². The maximum atomic E-state index is 13.5. The minimum atomic E-state index is -4.82. The molecule has 0 aliphatic carbocycles. The van der Waals surface area contributed by atoms with E-state index in [1.807, 2.05) is 23.9 Å². The van der Waals surface area contributed by atoms with Gasteiger partial charge in [0, 0.05) is 50.2 Å². The minimum Gasteiger partial charge on any atom is -0.478 e. The van der Waals surface area contributed by atoms with Crippen molar-refractivity contribution < 1.29 is 27.8 Å². The van der Waals surface area contributed by atoms with Crippen LogP contribution in [0, 0.1) is 0 Å². The highest BCUT2D eigenvalue weighted by Crippen LogP contribution is 2.41. The van der Waals surface area contributed by atoms with E-state index < -0.39 is 23.4 Å². The fourth-order valence-corrected chi connectivity index (χ4v) is 4.97. The SMILES string of the molecule is Cn1ccnc1-c1cc2nccc(Oc3ccc4c(C(=O)O)c(C(F)(F)F)n(C)c4c3)c2s1. The monoisotopic (exact) mass is 472 g/mol. The Morgan fingerprint density at radius 1 is 1.12 bits per heavy atom. The Hall–Kier alpha value is -3.86. The Morgan fingerprint density at radius 3 is 2.58 bits per heavy atom. The topological polar surface area (TPSA) is 82.2 Å². The van der Waals surface area contributed by atoms with Crippen molar-refractivity contribution in [2.45, 2.75) is 6.18 Å². The van der Waals surface area contributed by atoms with E-state index in [0.29, 0.717) is 11.3 Å². The Balaban J connectivity index is 1.60. The van der Waals surface area contributed by atoms with E-state index in [4.69, 9.17) is 4.74 Å². The van der Waals surface area contributed by atoms with Crippen LogP contribution < -0.4 is 4.74 Å². The molecule has 168 valence electrons. The summed E-state index contributed by atoms with van der Waals surface area (Å²) in [5.41, 5.74) is -1.20. The molecule has 11 heteroatoms. The predicted octanol–water partition coefficient (Wildman–Crippen LogP) is 5.70. The zero-order valence-electron chi connectivity index (χ0n) is 17.2. The number of thiophene rings is 1. The summed E-state index contributed by atoms with van der Waals surface area (Å²) >= 11 is 1.43. The zero-order chi connectivity index (χ0) is 23.5. The number of carboxylic acid groups (broad SMARTS) is 1. The number of nitrogens with zero attached hydrogens (tertiary/aromatic N) is 4. The van der Waals surface area contributed by atoms with E-state index in [9.17, 15) is 23.1 Å². The average molecular weight is 472 g/mol. The van der Waals surface area contributed by atoms with E-state index >= 15 is 0 Å². The molecule has 1 N–H and O–H groups in total. The van der Waals surface area contributed by atoms with Crippen molar-refractivity contribution in [2.24, 2.45) is 14.1 Å². The average Bonchev–Trinajstić information content (AvgIpc) is 3.43. The lowest BCUT2D eigenvalue weighted by Gasteiger charge is -2.10. The van der Waals surface area contributed by atoms with Crippen molar-refractivity contribution >= 4 is 38.4 Å². The van der Waals surface area contributed by atoms with E-state index in [-0.39, 0.29) is 16.7 Å². The van der Waals surface area contributed by atoms with Crippen LogP contribution in [-0.4, -0.2) is 30.2 Å². The molecule has 0 bridgehead atoms. The van der Waals surface area contributed by atoms with Crippen LogP contribution in [0.25, 0.3) is 31.8 Å². The first kappa shape index (κ1) is 21.0. The number of hydrogen-bond acceptors (Lipinski definition) is 5. The number of imidazole rings is 1. The van der Waals surface area contributed by atoms with Crippen molar-refractivity contribution in [3.8, 4) is 22.2 Å². The standard InChI is InChI=1S/C22H15F3N4O3S/c1-28-8-7-27-20(28)16-10-13-18(33-16)15(5-6-26-13)32-11-3-4-12-14(9-11)29(2)19(22(23,24)25)17(12)21(30)31/h3-10H,1-2H3,(H,30,31). The van der Waals surface area contributed by atoms with Crippen molar-refractivity contribution in [3.05, 3.63) is 60.2 Å². The van der Waals surface area contributed by atoms with Gasteiger partial charge in [-0.25, -0.2) is 9.78 Å². The van der Waals surface area contributed by atoms with Gasteiger partial charge in [0.05, 0.1) is 26.2 Å². The molecule has 0 unspecified atom stereocenters. The summed E-state index contributed by atoms with van der Waals surface area (Å²) in [5.74, 6) is -0.116. The normalized spacial score (nSPS) is 12.0. The van der Waals surface area contributed by atoms with Gasteiger partial charge in [-0.15, -0.1) is 11.3 Å². The summed E-state index contributed by atoms with van der Waals surface area (Å²) in [5, 5.41) is 9.39. The summed E-state index contributed by atoms with van der Waals surface area (Å²) in [7, 11) is 3.07. The van der Waals surface area contributed by atoms with Crippen molar-refractivity contribution in [1.29, 1.82) is 0 Å². The first-order chi connectivity index (χ1) is 15.6. The largest absolute Gasteiger partial charge is 0.478 e.